The zero-order valence-corrected chi connectivity index (χ0v) is 20.5. The summed E-state index contributed by atoms with van der Waals surface area (Å²) in [5, 5.41) is 3.52. The van der Waals surface area contributed by atoms with Gasteiger partial charge in [0.25, 0.3) is 5.91 Å². The smallest absolute Gasteiger partial charge is 0.256 e. The monoisotopic (exact) mass is 492 g/mol. The standard InChI is InChI=1S/C26H24N2O6S/c1-32-23-13-16(14-24(33-2)25(23)34-3)22-15-20(19-7-5-6-8-21(19)28-22)26(29)27-17-9-11-18(12-10-17)35(4,30)31/h5-15H,1-4H3,(H,27,29). The van der Waals surface area contributed by atoms with Crippen LogP contribution in [0.5, 0.6) is 17.2 Å². The summed E-state index contributed by atoms with van der Waals surface area (Å²) in [4.78, 5) is 18.2. The molecule has 0 aliphatic carbocycles. The van der Waals surface area contributed by atoms with Crippen molar-refractivity contribution in [3.05, 3.63) is 72.3 Å². The predicted molar refractivity (Wildman–Crippen MR) is 134 cm³/mol. The fourth-order valence-electron chi connectivity index (χ4n) is 3.72. The molecule has 0 fully saturated rings. The molecule has 8 nitrogen and oxygen atoms in total. The zero-order valence-electron chi connectivity index (χ0n) is 19.7. The van der Waals surface area contributed by atoms with Crippen molar-refractivity contribution in [1.82, 2.24) is 4.98 Å². The average Bonchev–Trinajstić information content (AvgIpc) is 2.86. The van der Waals surface area contributed by atoms with E-state index in [9.17, 15) is 13.2 Å². The van der Waals surface area contributed by atoms with E-state index in [1.54, 1.807) is 30.3 Å². The van der Waals surface area contributed by atoms with E-state index in [0.717, 1.165) is 6.26 Å². The second-order valence-corrected chi connectivity index (χ2v) is 9.75. The highest BCUT2D eigenvalue weighted by molar-refractivity contribution is 7.90. The number of fused-ring (bicyclic) bond motifs is 1. The first kappa shape index (κ1) is 24.0. The Morgan fingerprint density at radius 1 is 0.857 bits per heavy atom. The summed E-state index contributed by atoms with van der Waals surface area (Å²) in [6, 6.07) is 18.6. The highest BCUT2D eigenvalue weighted by Crippen LogP contribution is 2.41. The van der Waals surface area contributed by atoms with Crippen LogP contribution >= 0.6 is 0 Å². The van der Waals surface area contributed by atoms with Gasteiger partial charge in [-0.3, -0.25) is 4.79 Å². The molecule has 0 spiro atoms. The van der Waals surface area contributed by atoms with Crippen LogP contribution in [-0.2, 0) is 9.84 Å². The molecule has 0 aliphatic rings. The Morgan fingerprint density at radius 2 is 1.49 bits per heavy atom. The number of ether oxygens (including phenoxy) is 3. The van der Waals surface area contributed by atoms with Gasteiger partial charge in [-0.1, -0.05) is 18.2 Å². The minimum absolute atomic E-state index is 0.176. The Bertz CT molecular complexity index is 1490. The van der Waals surface area contributed by atoms with Crippen LogP contribution in [0.3, 0.4) is 0 Å². The molecule has 1 aromatic heterocycles. The van der Waals surface area contributed by atoms with Crippen LogP contribution < -0.4 is 19.5 Å². The zero-order chi connectivity index (χ0) is 25.2. The second kappa shape index (κ2) is 9.63. The van der Waals surface area contributed by atoms with Crippen molar-refractivity contribution >= 4 is 32.3 Å². The van der Waals surface area contributed by atoms with E-state index in [-0.39, 0.29) is 10.8 Å². The van der Waals surface area contributed by atoms with Crippen LogP contribution in [0.4, 0.5) is 5.69 Å². The number of hydrogen-bond acceptors (Lipinski definition) is 7. The number of carbonyl (C=O) groups excluding carboxylic acids is 1. The maximum atomic E-state index is 13.3. The number of anilines is 1. The molecule has 3 aromatic carbocycles. The van der Waals surface area contributed by atoms with Crippen LogP contribution in [0, 0.1) is 0 Å². The largest absolute Gasteiger partial charge is 0.493 e. The number of hydrogen-bond donors (Lipinski definition) is 1. The molecule has 0 atom stereocenters. The summed E-state index contributed by atoms with van der Waals surface area (Å²) in [6.45, 7) is 0. The summed E-state index contributed by atoms with van der Waals surface area (Å²) >= 11 is 0. The average molecular weight is 493 g/mol. The molecule has 0 bridgehead atoms. The first-order valence-corrected chi connectivity index (χ1v) is 12.5. The van der Waals surface area contributed by atoms with Gasteiger partial charge in [0.2, 0.25) is 5.75 Å². The van der Waals surface area contributed by atoms with Crippen molar-refractivity contribution in [2.75, 3.05) is 32.9 Å². The Labute approximate surface area is 203 Å². The van der Waals surface area contributed by atoms with Gasteiger partial charge in [-0.25, -0.2) is 13.4 Å². The second-order valence-electron chi connectivity index (χ2n) is 7.74. The molecule has 0 radical (unpaired) electrons. The van der Waals surface area contributed by atoms with E-state index < -0.39 is 9.84 Å². The van der Waals surface area contributed by atoms with Crippen LogP contribution in [-0.4, -0.2) is 46.9 Å². The van der Waals surface area contributed by atoms with Crippen LogP contribution in [0.2, 0.25) is 0 Å². The molecule has 1 N–H and O–H groups in total. The summed E-state index contributed by atoms with van der Waals surface area (Å²) in [7, 11) is 1.26. The maximum Gasteiger partial charge on any atom is 0.256 e. The number of sulfone groups is 1. The third-order valence-corrected chi connectivity index (χ3v) is 6.59. The Kier molecular flexibility index (Phi) is 6.61. The molecule has 4 rings (SSSR count). The number of aromatic nitrogens is 1. The first-order valence-electron chi connectivity index (χ1n) is 10.6. The molecule has 0 saturated heterocycles. The van der Waals surface area contributed by atoms with Crippen molar-refractivity contribution in [2.24, 2.45) is 0 Å². The van der Waals surface area contributed by atoms with E-state index in [0.29, 0.717) is 50.7 Å². The lowest BCUT2D eigenvalue weighted by Gasteiger charge is -2.15. The lowest BCUT2D eigenvalue weighted by molar-refractivity contribution is 0.102. The van der Waals surface area contributed by atoms with E-state index in [4.69, 9.17) is 19.2 Å². The lowest BCUT2D eigenvalue weighted by atomic mass is 10.0. The van der Waals surface area contributed by atoms with Crippen molar-refractivity contribution in [3.63, 3.8) is 0 Å². The summed E-state index contributed by atoms with van der Waals surface area (Å²) in [6.07, 6.45) is 1.13. The molecule has 0 aliphatic heterocycles. The van der Waals surface area contributed by atoms with Crippen LogP contribution in [0.1, 0.15) is 10.4 Å². The molecule has 1 heterocycles. The molecule has 9 heteroatoms. The van der Waals surface area contributed by atoms with E-state index in [2.05, 4.69) is 5.32 Å². The molecule has 1 amide bonds. The summed E-state index contributed by atoms with van der Waals surface area (Å²) in [5.41, 5.74) is 2.73. The minimum atomic E-state index is -3.33. The quantitative estimate of drug-likeness (QED) is 0.403. The molecular weight excluding hydrogens is 468 g/mol. The summed E-state index contributed by atoms with van der Waals surface area (Å²) in [5.74, 6) is 1.03. The van der Waals surface area contributed by atoms with Crippen LogP contribution in [0.25, 0.3) is 22.2 Å². The number of methoxy groups -OCH3 is 3. The van der Waals surface area contributed by atoms with E-state index in [1.165, 1.54) is 33.5 Å². The lowest BCUT2D eigenvalue weighted by Crippen LogP contribution is -2.13. The third-order valence-electron chi connectivity index (χ3n) is 5.46. The highest BCUT2D eigenvalue weighted by atomic mass is 32.2. The van der Waals surface area contributed by atoms with Gasteiger partial charge in [-0.15, -0.1) is 0 Å². The van der Waals surface area contributed by atoms with Gasteiger partial charge in [0.15, 0.2) is 21.3 Å². The first-order chi connectivity index (χ1) is 16.7. The van der Waals surface area contributed by atoms with Crippen molar-refractivity contribution in [1.29, 1.82) is 0 Å². The Hall–Kier alpha value is -4.11. The number of carbonyl (C=O) groups is 1. The maximum absolute atomic E-state index is 13.3. The van der Waals surface area contributed by atoms with E-state index in [1.807, 2.05) is 24.3 Å². The molecule has 180 valence electrons. The molecular formula is C26H24N2O6S. The molecule has 0 unspecified atom stereocenters. The predicted octanol–water partition coefficient (Wildman–Crippen LogP) is 4.58. The Morgan fingerprint density at radius 3 is 2.06 bits per heavy atom. The molecule has 0 saturated carbocycles. The molecule has 35 heavy (non-hydrogen) atoms. The number of pyridine rings is 1. The normalized spacial score (nSPS) is 11.2. The van der Waals surface area contributed by atoms with E-state index >= 15 is 0 Å². The SMILES string of the molecule is COc1cc(-c2cc(C(=O)Nc3ccc(S(C)(=O)=O)cc3)c3ccccc3n2)cc(OC)c1OC. The van der Waals surface area contributed by atoms with Gasteiger partial charge in [0, 0.05) is 22.9 Å². The number of nitrogens with one attached hydrogen (secondary N) is 1. The fraction of sp³-hybridized carbons (Fsp3) is 0.154. The van der Waals surface area contributed by atoms with Gasteiger partial charge in [0.1, 0.15) is 0 Å². The van der Waals surface area contributed by atoms with Gasteiger partial charge in [-0.05, 0) is 48.5 Å². The van der Waals surface area contributed by atoms with Gasteiger partial charge < -0.3 is 19.5 Å². The van der Waals surface area contributed by atoms with Crippen molar-refractivity contribution in [3.8, 4) is 28.5 Å². The van der Waals surface area contributed by atoms with Gasteiger partial charge in [-0.2, -0.15) is 0 Å². The topological polar surface area (TPSA) is 104 Å². The fourth-order valence-corrected chi connectivity index (χ4v) is 4.35. The Balaban J connectivity index is 1.79. The number of nitrogens with zero attached hydrogens (tertiary/aromatic N) is 1. The van der Waals surface area contributed by atoms with Crippen molar-refractivity contribution in [2.45, 2.75) is 4.90 Å². The minimum Gasteiger partial charge on any atom is -0.493 e. The van der Waals surface area contributed by atoms with Gasteiger partial charge in [0.05, 0.1) is 43.0 Å². The van der Waals surface area contributed by atoms with Crippen LogP contribution in [0.15, 0.2) is 71.6 Å². The molecule has 4 aromatic rings. The van der Waals surface area contributed by atoms with Gasteiger partial charge >= 0.3 is 0 Å². The summed E-state index contributed by atoms with van der Waals surface area (Å²) < 4.78 is 39.8. The third kappa shape index (κ3) is 4.90. The number of benzene rings is 3. The number of rotatable bonds is 7. The highest BCUT2D eigenvalue weighted by Gasteiger charge is 2.18. The number of para-hydroxylation sites is 1. The number of amides is 1. The van der Waals surface area contributed by atoms with Crippen molar-refractivity contribution < 1.29 is 27.4 Å².